The lowest BCUT2D eigenvalue weighted by Crippen LogP contribution is -2.03. The maximum Gasteiger partial charge on any atom is 0.0960 e. The Morgan fingerprint density at radius 2 is 2.00 bits per heavy atom. The molecule has 0 saturated carbocycles. The molecule has 0 spiro atoms. The van der Waals surface area contributed by atoms with Crippen molar-refractivity contribution in [3.8, 4) is 22.5 Å². The van der Waals surface area contributed by atoms with E-state index in [9.17, 15) is 0 Å². The molecule has 0 atom stereocenters. The van der Waals surface area contributed by atoms with Crippen LogP contribution in [0.1, 0.15) is 16.8 Å². The molecule has 20 heavy (non-hydrogen) atoms. The number of hydrogen-bond donors (Lipinski definition) is 1. The fraction of sp³-hybridized carbons (Fsp3) is 0.176. The average Bonchev–Trinajstić information content (AvgIpc) is 2.91. The summed E-state index contributed by atoms with van der Waals surface area (Å²) in [6.45, 7) is 2.01. The number of benzene rings is 1. The van der Waals surface area contributed by atoms with Crippen LogP contribution in [0.15, 0.2) is 42.6 Å². The number of aromatic nitrogens is 3. The summed E-state index contributed by atoms with van der Waals surface area (Å²) in [6.07, 6.45) is 3.97. The lowest BCUT2D eigenvalue weighted by molar-refractivity contribution is 0.943. The Morgan fingerprint density at radius 1 is 1.10 bits per heavy atom. The molecular weight excluding hydrogens is 246 g/mol. The standard InChI is InChI=1S/C17H15N3/c1-11-10-13(8-9-18-11)16-15-7-6-12-4-2-3-5-14(12)17(15)20-19-16/h2-5,8-10H,6-7H2,1H3,(H,19,20). The lowest BCUT2D eigenvalue weighted by Gasteiger charge is -2.16. The van der Waals surface area contributed by atoms with Gasteiger partial charge in [-0.25, -0.2) is 0 Å². The molecule has 98 valence electrons. The Bertz CT molecular complexity index is 786. The fourth-order valence-electron chi connectivity index (χ4n) is 3.00. The molecule has 0 fully saturated rings. The normalized spacial score (nSPS) is 12.8. The highest BCUT2D eigenvalue weighted by Crippen LogP contribution is 2.36. The van der Waals surface area contributed by atoms with E-state index >= 15 is 0 Å². The van der Waals surface area contributed by atoms with Gasteiger partial charge in [-0.05, 0) is 37.5 Å². The number of rotatable bonds is 1. The third kappa shape index (κ3) is 1.67. The molecule has 0 saturated heterocycles. The molecule has 1 aromatic carbocycles. The first-order valence-electron chi connectivity index (χ1n) is 6.91. The molecule has 0 unspecified atom stereocenters. The van der Waals surface area contributed by atoms with Gasteiger partial charge in [0, 0.05) is 28.6 Å². The van der Waals surface area contributed by atoms with Crippen molar-refractivity contribution in [2.24, 2.45) is 0 Å². The van der Waals surface area contributed by atoms with E-state index in [2.05, 4.69) is 45.5 Å². The van der Waals surface area contributed by atoms with Crippen molar-refractivity contribution in [1.82, 2.24) is 15.2 Å². The van der Waals surface area contributed by atoms with Gasteiger partial charge in [-0.3, -0.25) is 10.1 Å². The highest BCUT2D eigenvalue weighted by molar-refractivity contribution is 5.77. The monoisotopic (exact) mass is 261 g/mol. The quantitative estimate of drug-likeness (QED) is 0.728. The Labute approximate surface area is 117 Å². The minimum Gasteiger partial charge on any atom is -0.277 e. The van der Waals surface area contributed by atoms with Crippen LogP contribution in [0, 0.1) is 6.92 Å². The van der Waals surface area contributed by atoms with E-state index < -0.39 is 0 Å². The predicted molar refractivity (Wildman–Crippen MR) is 79.4 cm³/mol. The Kier molecular flexibility index (Phi) is 2.46. The van der Waals surface area contributed by atoms with Crippen molar-refractivity contribution >= 4 is 0 Å². The molecule has 2 aromatic heterocycles. The van der Waals surface area contributed by atoms with Crippen molar-refractivity contribution in [2.45, 2.75) is 19.8 Å². The Morgan fingerprint density at radius 3 is 2.90 bits per heavy atom. The van der Waals surface area contributed by atoms with Gasteiger partial charge in [0.25, 0.3) is 0 Å². The van der Waals surface area contributed by atoms with Crippen LogP contribution in [0.2, 0.25) is 0 Å². The zero-order chi connectivity index (χ0) is 13.5. The summed E-state index contributed by atoms with van der Waals surface area (Å²) >= 11 is 0. The molecule has 1 N–H and O–H groups in total. The molecule has 0 aliphatic heterocycles. The summed E-state index contributed by atoms with van der Waals surface area (Å²) in [5.74, 6) is 0. The van der Waals surface area contributed by atoms with Crippen molar-refractivity contribution in [1.29, 1.82) is 0 Å². The number of H-pyrrole nitrogens is 1. The maximum absolute atomic E-state index is 4.56. The van der Waals surface area contributed by atoms with Crippen molar-refractivity contribution in [2.75, 3.05) is 0 Å². The van der Waals surface area contributed by atoms with Crippen molar-refractivity contribution < 1.29 is 0 Å². The van der Waals surface area contributed by atoms with Gasteiger partial charge in [-0.1, -0.05) is 24.3 Å². The Balaban J connectivity index is 1.90. The van der Waals surface area contributed by atoms with Gasteiger partial charge in [-0.15, -0.1) is 0 Å². The largest absolute Gasteiger partial charge is 0.277 e. The zero-order valence-corrected chi connectivity index (χ0v) is 11.4. The van der Waals surface area contributed by atoms with E-state index in [1.165, 1.54) is 22.4 Å². The van der Waals surface area contributed by atoms with E-state index in [-0.39, 0.29) is 0 Å². The van der Waals surface area contributed by atoms with Crippen LogP contribution in [0.3, 0.4) is 0 Å². The number of fused-ring (bicyclic) bond motifs is 3. The summed E-state index contributed by atoms with van der Waals surface area (Å²) < 4.78 is 0. The third-order valence-electron chi connectivity index (χ3n) is 3.97. The molecule has 2 heterocycles. The van der Waals surface area contributed by atoms with Crippen LogP contribution in [-0.4, -0.2) is 15.2 Å². The summed E-state index contributed by atoms with van der Waals surface area (Å²) in [4.78, 5) is 4.26. The first-order valence-corrected chi connectivity index (χ1v) is 6.91. The number of nitrogens with zero attached hydrogens (tertiary/aromatic N) is 2. The lowest BCUT2D eigenvalue weighted by atomic mass is 9.88. The van der Waals surface area contributed by atoms with Gasteiger partial charge in [-0.2, -0.15) is 5.10 Å². The van der Waals surface area contributed by atoms with Crippen LogP contribution >= 0.6 is 0 Å². The molecule has 4 rings (SSSR count). The summed E-state index contributed by atoms with van der Waals surface area (Å²) in [5.41, 5.74) is 8.44. The summed E-state index contributed by atoms with van der Waals surface area (Å²) in [6, 6.07) is 12.7. The molecule has 0 amide bonds. The number of pyridine rings is 1. The number of nitrogens with one attached hydrogen (secondary N) is 1. The van der Waals surface area contributed by atoms with E-state index in [0.29, 0.717) is 0 Å². The highest BCUT2D eigenvalue weighted by Gasteiger charge is 2.22. The van der Waals surface area contributed by atoms with Crippen LogP contribution < -0.4 is 0 Å². The first-order chi connectivity index (χ1) is 9.83. The minimum atomic E-state index is 1.02. The highest BCUT2D eigenvalue weighted by atomic mass is 15.1. The van der Waals surface area contributed by atoms with Gasteiger partial charge in [0.15, 0.2) is 0 Å². The van der Waals surface area contributed by atoms with Crippen LogP contribution in [0.4, 0.5) is 0 Å². The molecule has 0 bridgehead atoms. The molecular formula is C17H15N3. The second-order valence-electron chi connectivity index (χ2n) is 5.27. The zero-order valence-electron chi connectivity index (χ0n) is 11.4. The molecule has 3 aromatic rings. The fourth-order valence-corrected chi connectivity index (χ4v) is 3.00. The van der Waals surface area contributed by atoms with Crippen LogP contribution in [0.5, 0.6) is 0 Å². The van der Waals surface area contributed by atoms with E-state index in [1.54, 1.807) is 0 Å². The number of hydrogen-bond acceptors (Lipinski definition) is 2. The SMILES string of the molecule is Cc1cc(-c2n[nH]c3c2CCc2ccccc2-3)ccn1. The Hall–Kier alpha value is -2.42. The van der Waals surface area contributed by atoms with Gasteiger partial charge >= 0.3 is 0 Å². The van der Waals surface area contributed by atoms with Crippen LogP contribution in [0.25, 0.3) is 22.5 Å². The summed E-state index contributed by atoms with van der Waals surface area (Å²) in [7, 11) is 0. The predicted octanol–water partition coefficient (Wildman–Crippen LogP) is 3.55. The topological polar surface area (TPSA) is 41.6 Å². The van der Waals surface area contributed by atoms with E-state index in [4.69, 9.17) is 0 Å². The first kappa shape index (κ1) is 11.4. The minimum absolute atomic E-state index is 1.02. The molecule has 3 nitrogen and oxygen atoms in total. The van der Waals surface area contributed by atoms with Gasteiger partial charge in [0.05, 0.1) is 11.4 Å². The number of aromatic amines is 1. The van der Waals surface area contributed by atoms with Crippen molar-refractivity contribution in [3.63, 3.8) is 0 Å². The van der Waals surface area contributed by atoms with Crippen molar-refractivity contribution in [3.05, 3.63) is 59.4 Å². The van der Waals surface area contributed by atoms with E-state index in [0.717, 1.165) is 29.8 Å². The maximum atomic E-state index is 4.56. The molecule has 0 radical (unpaired) electrons. The van der Waals surface area contributed by atoms with Crippen LogP contribution in [-0.2, 0) is 12.8 Å². The second-order valence-corrected chi connectivity index (χ2v) is 5.27. The van der Waals surface area contributed by atoms with Gasteiger partial charge in [0.2, 0.25) is 0 Å². The van der Waals surface area contributed by atoms with Gasteiger partial charge < -0.3 is 0 Å². The molecule has 1 aliphatic rings. The molecule has 3 heteroatoms. The third-order valence-corrected chi connectivity index (χ3v) is 3.97. The number of aryl methyl sites for hydroxylation is 2. The van der Waals surface area contributed by atoms with E-state index in [1.807, 2.05) is 19.2 Å². The van der Waals surface area contributed by atoms with Gasteiger partial charge in [0.1, 0.15) is 0 Å². The smallest absolute Gasteiger partial charge is 0.0960 e. The summed E-state index contributed by atoms with van der Waals surface area (Å²) in [5, 5.41) is 7.79. The molecule has 1 aliphatic carbocycles. The average molecular weight is 261 g/mol. The second kappa shape index (κ2) is 4.30.